The van der Waals surface area contributed by atoms with Gasteiger partial charge in [-0.1, -0.05) is 24.3 Å². The van der Waals surface area contributed by atoms with Gasteiger partial charge in [0, 0.05) is 28.9 Å². The number of rotatable bonds is 2. The average Bonchev–Trinajstić information content (AvgIpc) is 2.94. The van der Waals surface area contributed by atoms with Gasteiger partial charge in [-0.05, 0) is 5.56 Å². The van der Waals surface area contributed by atoms with Crippen LogP contribution in [0.4, 0.5) is 0 Å². The van der Waals surface area contributed by atoms with Crippen LogP contribution in [0.1, 0.15) is 0 Å². The van der Waals surface area contributed by atoms with Gasteiger partial charge in [0.1, 0.15) is 6.33 Å². The first-order valence-corrected chi connectivity index (χ1v) is 6.12. The predicted octanol–water partition coefficient (Wildman–Crippen LogP) is 3.27. The Kier molecular flexibility index (Phi) is 2.63. The van der Waals surface area contributed by atoms with Crippen molar-refractivity contribution in [2.75, 3.05) is 0 Å². The summed E-state index contributed by atoms with van der Waals surface area (Å²) >= 11 is 1.60. The van der Waals surface area contributed by atoms with E-state index in [1.165, 1.54) is 6.33 Å². The van der Waals surface area contributed by atoms with Crippen LogP contribution in [-0.4, -0.2) is 15.0 Å². The van der Waals surface area contributed by atoms with Gasteiger partial charge in [0.15, 0.2) is 0 Å². The fraction of sp³-hybridized carbons (Fsp3) is 0. The lowest BCUT2D eigenvalue weighted by molar-refractivity contribution is 1.17. The molecule has 0 aliphatic heterocycles. The zero-order chi connectivity index (χ0) is 11.5. The van der Waals surface area contributed by atoms with E-state index in [0.29, 0.717) is 0 Å². The molecule has 0 radical (unpaired) electrons. The van der Waals surface area contributed by atoms with Gasteiger partial charge >= 0.3 is 0 Å². The standard InChI is InChI=1S/C13H9N3S/c1-3-11(13-7-17-9-16-13)4-2-10(1)12-5-14-8-15-6-12/h1-9H. The Labute approximate surface area is 103 Å². The highest BCUT2D eigenvalue weighted by Gasteiger charge is 2.01. The van der Waals surface area contributed by atoms with Gasteiger partial charge in [0.05, 0.1) is 11.2 Å². The molecular weight excluding hydrogens is 230 g/mol. The molecule has 17 heavy (non-hydrogen) atoms. The summed E-state index contributed by atoms with van der Waals surface area (Å²) in [5.41, 5.74) is 6.13. The van der Waals surface area contributed by atoms with Crippen molar-refractivity contribution in [3.05, 3.63) is 53.9 Å². The van der Waals surface area contributed by atoms with Gasteiger partial charge in [-0.25, -0.2) is 15.0 Å². The molecule has 3 aromatic rings. The molecule has 2 aromatic heterocycles. The molecule has 0 saturated heterocycles. The van der Waals surface area contributed by atoms with Crippen LogP contribution >= 0.6 is 11.3 Å². The summed E-state index contributed by atoms with van der Waals surface area (Å²) in [5, 5.41) is 2.04. The van der Waals surface area contributed by atoms with Crippen molar-refractivity contribution in [3.63, 3.8) is 0 Å². The van der Waals surface area contributed by atoms with E-state index in [0.717, 1.165) is 22.4 Å². The second-order valence-electron chi connectivity index (χ2n) is 3.58. The molecule has 0 amide bonds. The molecule has 82 valence electrons. The van der Waals surface area contributed by atoms with E-state index in [9.17, 15) is 0 Å². The summed E-state index contributed by atoms with van der Waals surface area (Å²) in [4.78, 5) is 12.3. The third-order valence-corrected chi connectivity index (χ3v) is 3.09. The molecule has 0 fully saturated rings. The number of hydrogen-bond acceptors (Lipinski definition) is 4. The van der Waals surface area contributed by atoms with Gasteiger partial charge in [-0.15, -0.1) is 11.3 Å². The summed E-state index contributed by atoms with van der Waals surface area (Å²) in [7, 11) is 0. The Balaban J connectivity index is 1.96. The molecular formula is C13H9N3S. The molecule has 0 unspecified atom stereocenters. The van der Waals surface area contributed by atoms with Crippen molar-refractivity contribution in [1.82, 2.24) is 15.0 Å². The molecule has 3 rings (SSSR count). The van der Waals surface area contributed by atoms with Crippen LogP contribution in [0.25, 0.3) is 22.4 Å². The summed E-state index contributed by atoms with van der Waals surface area (Å²) in [5.74, 6) is 0. The van der Waals surface area contributed by atoms with E-state index >= 15 is 0 Å². The highest BCUT2D eigenvalue weighted by molar-refractivity contribution is 7.07. The first kappa shape index (κ1) is 10.1. The predicted molar refractivity (Wildman–Crippen MR) is 68.6 cm³/mol. The maximum Gasteiger partial charge on any atom is 0.115 e. The van der Waals surface area contributed by atoms with Gasteiger partial charge < -0.3 is 0 Å². The monoisotopic (exact) mass is 239 g/mol. The quantitative estimate of drug-likeness (QED) is 0.689. The third kappa shape index (κ3) is 2.07. The van der Waals surface area contributed by atoms with Crippen LogP contribution in [0, 0.1) is 0 Å². The number of nitrogens with zero attached hydrogens (tertiary/aromatic N) is 3. The second kappa shape index (κ2) is 4.43. The lowest BCUT2D eigenvalue weighted by Crippen LogP contribution is -1.82. The molecule has 0 spiro atoms. The van der Waals surface area contributed by atoms with Crippen LogP contribution in [-0.2, 0) is 0 Å². The van der Waals surface area contributed by atoms with Gasteiger partial charge in [-0.2, -0.15) is 0 Å². The smallest absolute Gasteiger partial charge is 0.115 e. The Morgan fingerprint density at radius 3 is 2.18 bits per heavy atom. The lowest BCUT2D eigenvalue weighted by atomic mass is 10.1. The fourth-order valence-corrected chi connectivity index (χ4v) is 2.20. The third-order valence-electron chi connectivity index (χ3n) is 2.51. The Morgan fingerprint density at radius 2 is 1.53 bits per heavy atom. The molecule has 4 heteroatoms. The topological polar surface area (TPSA) is 38.7 Å². The van der Waals surface area contributed by atoms with Crippen molar-refractivity contribution in [2.45, 2.75) is 0 Å². The summed E-state index contributed by atoms with van der Waals surface area (Å²) in [6.07, 6.45) is 5.16. The molecule has 3 nitrogen and oxygen atoms in total. The minimum absolute atomic E-state index is 1.02. The lowest BCUT2D eigenvalue weighted by Gasteiger charge is -2.01. The molecule has 0 aliphatic rings. The van der Waals surface area contributed by atoms with Crippen LogP contribution in [0.2, 0.25) is 0 Å². The highest BCUT2D eigenvalue weighted by atomic mass is 32.1. The van der Waals surface area contributed by atoms with E-state index in [-0.39, 0.29) is 0 Å². The molecule has 0 saturated carbocycles. The average molecular weight is 239 g/mol. The van der Waals surface area contributed by atoms with Crippen LogP contribution < -0.4 is 0 Å². The molecule has 0 aliphatic carbocycles. The molecule has 1 aromatic carbocycles. The summed E-state index contributed by atoms with van der Waals surface area (Å²) < 4.78 is 0. The van der Waals surface area contributed by atoms with Crippen LogP contribution in [0.3, 0.4) is 0 Å². The largest absolute Gasteiger partial charge is 0.245 e. The SMILES string of the molecule is c1ncc(-c2ccc(-c3cscn3)cc2)cn1. The minimum Gasteiger partial charge on any atom is -0.245 e. The van der Waals surface area contributed by atoms with Crippen molar-refractivity contribution >= 4 is 11.3 Å². The van der Waals surface area contributed by atoms with Gasteiger partial charge in [0.2, 0.25) is 0 Å². The molecule has 2 heterocycles. The summed E-state index contributed by atoms with van der Waals surface area (Å²) in [6.45, 7) is 0. The second-order valence-corrected chi connectivity index (χ2v) is 4.30. The first-order valence-electron chi connectivity index (χ1n) is 5.17. The Morgan fingerprint density at radius 1 is 0.824 bits per heavy atom. The number of benzene rings is 1. The zero-order valence-electron chi connectivity index (χ0n) is 8.95. The maximum atomic E-state index is 4.28. The van der Waals surface area contributed by atoms with Crippen molar-refractivity contribution in [1.29, 1.82) is 0 Å². The van der Waals surface area contributed by atoms with Crippen LogP contribution in [0.5, 0.6) is 0 Å². The van der Waals surface area contributed by atoms with E-state index in [1.54, 1.807) is 11.3 Å². The minimum atomic E-state index is 1.02. The van der Waals surface area contributed by atoms with E-state index in [1.807, 2.05) is 23.3 Å². The molecule has 0 N–H and O–H groups in total. The van der Waals surface area contributed by atoms with E-state index in [2.05, 4.69) is 39.2 Å². The van der Waals surface area contributed by atoms with E-state index in [4.69, 9.17) is 0 Å². The van der Waals surface area contributed by atoms with Crippen molar-refractivity contribution in [3.8, 4) is 22.4 Å². The normalized spacial score (nSPS) is 10.4. The first-order chi connectivity index (χ1) is 8.43. The van der Waals surface area contributed by atoms with Crippen molar-refractivity contribution < 1.29 is 0 Å². The van der Waals surface area contributed by atoms with Crippen LogP contribution in [0.15, 0.2) is 53.9 Å². The fourth-order valence-electron chi connectivity index (χ4n) is 1.64. The number of aromatic nitrogens is 3. The Hall–Kier alpha value is -2.07. The number of thiazole rings is 1. The molecule has 0 bridgehead atoms. The summed E-state index contributed by atoms with van der Waals surface area (Å²) in [6, 6.07) is 8.26. The van der Waals surface area contributed by atoms with Gasteiger partial charge in [0.25, 0.3) is 0 Å². The van der Waals surface area contributed by atoms with Crippen molar-refractivity contribution in [2.24, 2.45) is 0 Å². The number of hydrogen-bond donors (Lipinski definition) is 0. The van der Waals surface area contributed by atoms with E-state index < -0.39 is 0 Å². The Bertz CT molecular complexity index is 588. The highest BCUT2D eigenvalue weighted by Crippen LogP contribution is 2.23. The zero-order valence-corrected chi connectivity index (χ0v) is 9.76. The molecule has 0 atom stereocenters. The van der Waals surface area contributed by atoms with Gasteiger partial charge in [-0.3, -0.25) is 0 Å². The maximum absolute atomic E-state index is 4.28.